The van der Waals surface area contributed by atoms with Crippen LogP contribution in [0, 0.1) is 17.0 Å². The molecule has 0 aromatic heterocycles. The number of nitro benzene ring substituents is 1. The van der Waals surface area contributed by atoms with Gasteiger partial charge in [0.05, 0.1) is 38.4 Å². The maximum atomic E-state index is 13.1. The van der Waals surface area contributed by atoms with Crippen molar-refractivity contribution < 1.29 is 23.9 Å². The van der Waals surface area contributed by atoms with Gasteiger partial charge in [0, 0.05) is 12.6 Å². The van der Waals surface area contributed by atoms with E-state index >= 15 is 0 Å². The van der Waals surface area contributed by atoms with Crippen LogP contribution in [0.15, 0.2) is 36.4 Å². The molecule has 0 radical (unpaired) electrons. The van der Waals surface area contributed by atoms with E-state index in [1.54, 1.807) is 4.90 Å². The van der Waals surface area contributed by atoms with Crippen LogP contribution in [-0.4, -0.2) is 49.6 Å². The highest BCUT2D eigenvalue weighted by Gasteiger charge is 2.31. The molecular weight excluding hydrogens is 364 g/mol. The molecule has 0 bridgehead atoms. The van der Waals surface area contributed by atoms with E-state index < -0.39 is 10.8 Å². The summed E-state index contributed by atoms with van der Waals surface area (Å²) in [5.74, 6) is 0.0260. The highest BCUT2D eigenvalue weighted by Crippen LogP contribution is 2.35. The molecule has 0 spiro atoms. The van der Waals surface area contributed by atoms with Crippen molar-refractivity contribution in [2.75, 3.05) is 33.9 Å². The molecule has 2 aromatic carbocycles. The molecule has 0 N–H and O–H groups in total. The molecule has 28 heavy (non-hydrogen) atoms. The second-order valence-corrected chi connectivity index (χ2v) is 6.50. The van der Waals surface area contributed by atoms with Gasteiger partial charge in [0.2, 0.25) is 0 Å². The third-order valence-electron chi connectivity index (χ3n) is 4.73. The van der Waals surface area contributed by atoms with Crippen LogP contribution in [-0.2, 0) is 4.74 Å². The van der Waals surface area contributed by atoms with Gasteiger partial charge in [-0.1, -0.05) is 29.8 Å². The summed E-state index contributed by atoms with van der Waals surface area (Å²) in [6.45, 7) is 3.02. The first-order valence-corrected chi connectivity index (χ1v) is 8.82. The lowest BCUT2D eigenvalue weighted by molar-refractivity contribution is -0.385. The number of nitrogens with zero attached hydrogens (tertiary/aromatic N) is 2. The van der Waals surface area contributed by atoms with E-state index in [9.17, 15) is 14.9 Å². The third-order valence-corrected chi connectivity index (χ3v) is 4.73. The summed E-state index contributed by atoms with van der Waals surface area (Å²) in [5, 5.41) is 11.5. The fourth-order valence-electron chi connectivity index (χ4n) is 3.18. The Kier molecular flexibility index (Phi) is 5.79. The Morgan fingerprint density at radius 2 is 1.82 bits per heavy atom. The normalized spacial score (nSPS) is 16.5. The van der Waals surface area contributed by atoms with E-state index in [4.69, 9.17) is 14.2 Å². The largest absolute Gasteiger partial charge is 0.493 e. The first-order valence-electron chi connectivity index (χ1n) is 8.82. The van der Waals surface area contributed by atoms with Gasteiger partial charge in [-0.05, 0) is 12.5 Å². The van der Waals surface area contributed by atoms with Gasteiger partial charge in [-0.3, -0.25) is 14.9 Å². The van der Waals surface area contributed by atoms with Gasteiger partial charge in [0.15, 0.2) is 11.5 Å². The Morgan fingerprint density at radius 3 is 2.43 bits per heavy atom. The van der Waals surface area contributed by atoms with Crippen molar-refractivity contribution in [3.05, 3.63) is 63.2 Å². The molecule has 0 saturated carbocycles. The molecule has 2 aromatic rings. The quantitative estimate of drug-likeness (QED) is 0.579. The van der Waals surface area contributed by atoms with Crippen LogP contribution < -0.4 is 9.47 Å². The topological polar surface area (TPSA) is 91.1 Å². The first kappa shape index (κ1) is 19.6. The smallest absolute Gasteiger partial charge is 0.286 e. The number of carbonyl (C=O) groups excluding carboxylic acids is 1. The number of methoxy groups -OCH3 is 2. The van der Waals surface area contributed by atoms with Crippen LogP contribution in [0.1, 0.15) is 27.6 Å². The number of benzene rings is 2. The summed E-state index contributed by atoms with van der Waals surface area (Å²) in [6.07, 6.45) is -0.280. The Balaban J connectivity index is 1.90. The summed E-state index contributed by atoms with van der Waals surface area (Å²) in [5.41, 5.74) is 1.74. The SMILES string of the molecule is COc1cc(C(=O)N2CCOC(c3ccc(C)cc3)C2)c([N+](=O)[O-])cc1OC. The van der Waals surface area contributed by atoms with E-state index in [-0.39, 0.29) is 28.9 Å². The van der Waals surface area contributed by atoms with E-state index in [1.165, 1.54) is 26.4 Å². The lowest BCUT2D eigenvalue weighted by Gasteiger charge is -2.33. The maximum Gasteiger partial charge on any atom is 0.286 e. The minimum Gasteiger partial charge on any atom is -0.493 e. The molecule has 148 valence electrons. The number of ether oxygens (including phenoxy) is 3. The summed E-state index contributed by atoms with van der Waals surface area (Å²) in [7, 11) is 2.80. The van der Waals surface area contributed by atoms with Gasteiger partial charge in [-0.2, -0.15) is 0 Å². The van der Waals surface area contributed by atoms with Crippen molar-refractivity contribution in [3.63, 3.8) is 0 Å². The lowest BCUT2D eigenvalue weighted by atomic mass is 10.0. The molecular formula is C20H22N2O6. The zero-order valence-corrected chi connectivity index (χ0v) is 16.0. The number of morpholine rings is 1. The molecule has 1 amide bonds. The summed E-state index contributed by atoms with van der Waals surface area (Å²) >= 11 is 0. The zero-order chi connectivity index (χ0) is 20.3. The molecule has 1 heterocycles. The fraction of sp³-hybridized carbons (Fsp3) is 0.350. The molecule has 1 fully saturated rings. The summed E-state index contributed by atoms with van der Waals surface area (Å²) < 4.78 is 16.1. The molecule has 1 aliphatic rings. The van der Waals surface area contributed by atoms with Crippen LogP contribution in [0.4, 0.5) is 5.69 Å². The van der Waals surface area contributed by atoms with Crippen LogP contribution in [0.3, 0.4) is 0 Å². The molecule has 1 unspecified atom stereocenters. The van der Waals surface area contributed by atoms with Gasteiger partial charge >= 0.3 is 0 Å². The number of hydrogen-bond donors (Lipinski definition) is 0. The number of nitro groups is 1. The molecule has 8 heteroatoms. The van der Waals surface area contributed by atoms with E-state index in [1.807, 2.05) is 31.2 Å². The van der Waals surface area contributed by atoms with Crippen molar-refractivity contribution in [2.45, 2.75) is 13.0 Å². The zero-order valence-electron chi connectivity index (χ0n) is 16.0. The highest BCUT2D eigenvalue weighted by molar-refractivity contribution is 5.99. The number of rotatable bonds is 5. The number of aryl methyl sites for hydroxylation is 1. The van der Waals surface area contributed by atoms with Gasteiger partial charge in [-0.15, -0.1) is 0 Å². The first-order chi connectivity index (χ1) is 13.4. The van der Waals surface area contributed by atoms with Crippen LogP contribution in [0.5, 0.6) is 11.5 Å². The minimum atomic E-state index is -0.590. The summed E-state index contributed by atoms with van der Waals surface area (Å²) in [4.78, 5) is 25.6. The lowest BCUT2D eigenvalue weighted by Crippen LogP contribution is -2.42. The average Bonchev–Trinajstić information content (AvgIpc) is 2.72. The number of carbonyl (C=O) groups is 1. The van der Waals surface area contributed by atoms with E-state index in [2.05, 4.69) is 0 Å². The third kappa shape index (κ3) is 3.91. The van der Waals surface area contributed by atoms with Crippen molar-refractivity contribution in [1.82, 2.24) is 4.90 Å². The average molecular weight is 386 g/mol. The second kappa shape index (κ2) is 8.26. The monoisotopic (exact) mass is 386 g/mol. The van der Waals surface area contributed by atoms with Crippen molar-refractivity contribution >= 4 is 11.6 Å². The van der Waals surface area contributed by atoms with Crippen molar-refractivity contribution in [2.24, 2.45) is 0 Å². The van der Waals surface area contributed by atoms with Gasteiger partial charge in [0.25, 0.3) is 11.6 Å². The second-order valence-electron chi connectivity index (χ2n) is 6.50. The van der Waals surface area contributed by atoms with Gasteiger partial charge < -0.3 is 19.1 Å². The molecule has 8 nitrogen and oxygen atoms in total. The van der Waals surface area contributed by atoms with Crippen LogP contribution >= 0.6 is 0 Å². The Morgan fingerprint density at radius 1 is 1.18 bits per heavy atom. The Labute approximate surface area is 162 Å². The molecule has 3 rings (SSSR count). The van der Waals surface area contributed by atoms with Gasteiger partial charge in [0.1, 0.15) is 11.7 Å². The number of amides is 1. The molecule has 1 atom stereocenters. The van der Waals surface area contributed by atoms with E-state index in [0.717, 1.165) is 11.1 Å². The standard InChI is InChI=1S/C20H22N2O6/c1-13-4-6-14(7-5-13)19-12-21(8-9-28-19)20(23)15-10-17(26-2)18(27-3)11-16(15)22(24)25/h4-7,10-11,19H,8-9,12H2,1-3H3. The minimum absolute atomic E-state index is 0.0350. The van der Waals surface area contributed by atoms with Crippen LogP contribution in [0.2, 0.25) is 0 Å². The Bertz CT molecular complexity index is 881. The fourth-order valence-corrected chi connectivity index (χ4v) is 3.18. The van der Waals surface area contributed by atoms with Gasteiger partial charge in [-0.25, -0.2) is 0 Å². The predicted octanol–water partition coefficient (Wildman–Crippen LogP) is 3.13. The van der Waals surface area contributed by atoms with Crippen molar-refractivity contribution in [3.8, 4) is 11.5 Å². The molecule has 1 saturated heterocycles. The number of hydrogen-bond acceptors (Lipinski definition) is 6. The summed E-state index contributed by atoms with van der Waals surface area (Å²) in [6, 6.07) is 10.5. The van der Waals surface area contributed by atoms with Crippen molar-refractivity contribution in [1.29, 1.82) is 0 Å². The Hall–Kier alpha value is -3.13. The molecule has 1 aliphatic heterocycles. The highest BCUT2D eigenvalue weighted by atomic mass is 16.6. The van der Waals surface area contributed by atoms with E-state index in [0.29, 0.717) is 19.7 Å². The molecule has 0 aliphatic carbocycles. The maximum absolute atomic E-state index is 13.1. The predicted molar refractivity (Wildman–Crippen MR) is 102 cm³/mol. The van der Waals surface area contributed by atoms with Crippen LogP contribution in [0.25, 0.3) is 0 Å².